The van der Waals surface area contributed by atoms with Crippen molar-refractivity contribution in [2.75, 3.05) is 26.2 Å². The second-order valence-electron chi connectivity index (χ2n) is 7.77. The Labute approximate surface area is 124 Å². The number of aliphatic hydroxyl groups is 1. The molecular weight excluding hydrogens is 248 g/mol. The first-order valence-electron chi connectivity index (χ1n) is 8.79. The average molecular weight is 280 g/mol. The highest BCUT2D eigenvalue weighted by Gasteiger charge is 2.42. The lowest BCUT2D eigenvalue weighted by molar-refractivity contribution is 0.0977. The summed E-state index contributed by atoms with van der Waals surface area (Å²) in [6.45, 7) is 6.39. The number of rotatable bonds is 5. The van der Waals surface area contributed by atoms with Gasteiger partial charge in [-0.05, 0) is 57.5 Å². The van der Waals surface area contributed by atoms with E-state index in [2.05, 4.69) is 17.1 Å². The molecule has 0 aromatic carbocycles. The Bertz CT molecular complexity index is 308. The van der Waals surface area contributed by atoms with E-state index in [-0.39, 0.29) is 5.41 Å². The van der Waals surface area contributed by atoms with E-state index in [1.165, 1.54) is 64.5 Å². The van der Waals surface area contributed by atoms with Gasteiger partial charge in [-0.2, -0.15) is 0 Å². The average Bonchev–Trinajstić information content (AvgIpc) is 3.26. The molecule has 2 N–H and O–H groups in total. The molecule has 3 rings (SSSR count). The van der Waals surface area contributed by atoms with Gasteiger partial charge in [0, 0.05) is 30.7 Å². The largest absolute Gasteiger partial charge is 0.396 e. The van der Waals surface area contributed by atoms with Gasteiger partial charge in [0.25, 0.3) is 0 Å². The lowest BCUT2D eigenvalue weighted by atomic mass is 9.85. The van der Waals surface area contributed by atoms with Crippen molar-refractivity contribution in [3.05, 3.63) is 0 Å². The fourth-order valence-corrected chi connectivity index (χ4v) is 4.13. The monoisotopic (exact) mass is 280 g/mol. The van der Waals surface area contributed by atoms with E-state index in [4.69, 9.17) is 0 Å². The van der Waals surface area contributed by atoms with Crippen molar-refractivity contribution in [3.8, 4) is 0 Å². The van der Waals surface area contributed by atoms with E-state index < -0.39 is 0 Å². The maximum atomic E-state index is 9.37. The quantitative estimate of drug-likeness (QED) is 0.812. The summed E-state index contributed by atoms with van der Waals surface area (Å²) in [7, 11) is 0. The molecule has 3 heteroatoms. The van der Waals surface area contributed by atoms with Gasteiger partial charge in [0.05, 0.1) is 0 Å². The van der Waals surface area contributed by atoms with E-state index in [1.54, 1.807) is 0 Å². The van der Waals surface area contributed by atoms with Gasteiger partial charge in [-0.1, -0.05) is 19.8 Å². The molecule has 1 saturated heterocycles. The number of likely N-dealkylation sites (tertiary alicyclic amines) is 1. The summed E-state index contributed by atoms with van der Waals surface area (Å²) in [5, 5.41) is 13.1. The van der Waals surface area contributed by atoms with Crippen LogP contribution in [-0.4, -0.2) is 48.3 Å². The van der Waals surface area contributed by atoms with Crippen LogP contribution in [0, 0.1) is 11.3 Å². The van der Waals surface area contributed by atoms with E-state index in [0.29, 0.717) is 12.6 Å². The van der Waals surface area contributed by atoms with Crippen LogP contribution in [0.25, 0.3) is 0 Å². The van der Waals surface area contributed by atoms with Crippen LogP contribution in [0.3, 0.4) is 0 Å². The van der Waals surface area contributed by atoms with Crippen molar-refractivity contribution in [1.82, 2.24) is 10.2 Å². The number of hydrogen-bond donors (Lipinski definition) is 2. The summed E-state index contributed by atoms with van der Waals surface area (Å²) >= 11 is 0. The summed E-state index contributed by atoms with van der Waals surface area (Å²) in [6.07, 6.45) is 10.8. The second kappa shape index (κ2) is 6.33. The molecule has 2 aliphatic carbocycles. The predicted octanol–water partition coefficient (Wildman–Crippen LogP) is 2.39. The minimum Gasteiger partial charge on any atom is -0.396 e. The van der Waals surface area contributed by atoms with Gasteiger partial charge in [0.1, 0.15) is 0 Å². The Kier molecular flexibility index (Phi) is 4.68. The molecule has 2 atom stereocenters. The van der Waals surface area contributed by atoms with Crippen LogP contribution in [-0.2, 0) is 0 Å². The molecule has 1 aliphatic heterocycles. The Hall–Kier alpha value is -0.120. The molecule has 116 valence electrons. The third-order valence-corrected chi connectivity index (χ3v) is 6.01. The maximum Gasteiger partial charge on any atom is 0.0499 e. The molecule has 20 heavy (non-hydrogen) atoms. The Morgan fingerprint density at radius 1 is 1.15 bits per heavy atom. The Balaban J connectivity index is 1.38. The minimum atomic E-state index is 0.260. The number of nitrogens with zero attached hydrogens (tertiary/aromatic N) is 1. The van der Waals surface area contributed by atoms with Gasteiger partial charge in [0.2, 0.25) is 0 Å². The van der Waals surface area contributed by atoms with E-state index >= 15 is 0 Å². The molecule has 3 nitrogen and oxygen atoms in total. The Morgan fingerprint density at radius 2 is 1.90 bits per heavy atom. The molecule has 0 spiro atoms. The summed E-state index contributed by atoms with van der Waals surface area (Å²) in [4.78, 5) is 2.76. The normalized spacial score (nSPS) is 35.1. The molecule has 3 aliphatic rings. The topological polar surface area (TPSA) is 35.5 Å². The third kappa shape index (κ3) is 3.55. The van der Waals surface area contributed by atoms with Crippen LogP contribution >= 0.6 is 0 Å². The first-order chi connectivity index (χ1) is 9.71. The Morgan fingerprint density at radius 3 is 2.50 bits per heavy atom. The van der Waals surface area contributed by atoms with Crippen molar-refractivity contribution in [2.24, 2.45) is 11.3 Å². The predicted molar refractivity (Wildman–Crippen MR) is 82.8 cm³/mol. The molecule has 0 radical (unpaired) electrons. The van der Waals surface area contributed by atoms with Gasteiger partial charge >= 0.3 is 0 Å². The highest BCUT2D eigenvalue weighted by molar-refractivity contribution is 4.95. The fourth-order valence-electron chi connectivity index (χ4n) is 4.13. The number of aliphatic hydroxyl groups excluding tert-OH is 1. The smallest absolute Gasteiger partial charge is 0.0499 e. The SMILES string of the molecule is CC1CCCC(N2CCC(NCC3(CO)CC3)CC2)C1. The molecular formula is C17H32N2O. The van der Waals surface area contributed by atoms with Crippen molar-refractivity contribution in [2.45, 2.75) is 70.4 Å². The number of piperidine rings is 1. The highest BCUT2D eigenvalue weighted by atomic mass is 16.3. The zero-order valence-corrected chi connectivity index (χ0v) is 13.1. The zero-order chi connectivity index (χ0) is 14.0. The summed E-state index contributed by atoms with van der Waals surface area (Å²) in [6, 6.07) is 1.56. The molecule has 2 unspecified atom stereocenters. The molecule has 0 aromatic heterocycles. The maximum absolute atomic E-state index is 9.37. The van der Waals surface area contributed by atoms with E-state index in [0.717, 1.165) is 18.5 Å². The van der Waals surface area contributed by atoms with Crippen LogP contribution in [0.5, 0.6) is 0 Å². The van der Waals surface area contributed by atoms with Gasteiger partial charge in [0.15, 0.2) is 0 Å². The van der Waals surface area contributed by atoms with Crippen LogP contribution in [0.15, 0.2) is 0 Å². The van der Waals surface area contributed by atoms with Gasteiger partial charge < -0.3 is 15.3 Å². The first kappa shape index (κ1) is 14.8. The first-order valence-corrected chi connectivity index (χ1v) is 8.79. The zero-order valence-electron chi connectivity index (χ0n) is 13.1. The van der Waals surface area contributed by atoms with Crippen LogP contribution < -0.4 is 5.32 Å². The highest BCUT2D eigenvalue weighted by Crippen LogP contribution is 2.44. The van der Waals surface area contributed by atoms with Crippen LogP contribution in [0.1, 0.15) is 58.3 Å². The lowest BCUT2D eigenvalue weighted by Crippen LogP contribution is -2.48. The van der Waals surface area contributed by atoms with Gasteiger partial charge in [-0.15, -0.1) is 0 Å². The molecule has 0 amide bonds. The molecule has 3 fully saturated rings. The summed E-state index contributed by atoms with van der Waals surface area (Å²) in [5.74, 6) is 0.934. The lowest BCUT2D eigenvalue weighted by Gasteiger charge is -2.41. The fraction of sp³-hybridized carbons (Fsp3) is 1.00. The van der Waals surface area contributed by atoms with Crippen molar-refractivity contribution in [3.63, 3.8) is 0 Å². The summed E-state index contributed by atoms with van der Waals surface area (Å²) < 4.78 is 0. The van der Waals surface area contributed by atoms with Crippen molar-refractivity contribution >= 4 is 0 Å². The third-order valence-electron chi connectivity index (χ3n) is 6.01. The molecule has 0 aromatic rings. The van der Waals surface area contributed by atoms with E-state index in [9.17, 15) is 5.11 Å². The standard InChI is InChI=1S/C17H32N2O/c1-14-3-2-4-16(11-14)19-9-5-15(6-10-19)18-12-17(13-20)7-8-17/h14-16,18,20H,2-13H2,1H3. The second-order valence-corrected chi connectivity index (χ2v) is 7.77. The van der Waals surface area contributed by atoms with Crippen molar-refractivity contribution < 1.29 is 5.11 Å². The van der Waals surface area contributed by atoms with Crippen molar-refractivity contribution in [1.29, 1.82) is 0 Å². The minimum absolute atomic E-state index is 0.260. The summed E-state index contributed by atoms with van der Waals surface area (Å²) in [5.41, 5.74) is 0.260. The number of nitrogens with one attached hydrogen (secondary N) is 1. The van der Waals surface area contributed by atoms with Crippen LogP contribution in [0.4, 0.5) is 0 Å². The van der Waals surface area contributed by atoms with Gasteiger partial charge in [-0.3, -0.25) is 0 Å². The molecule has 2 saturated carbocycles. The molecule has 0 bridgehead atoms. The van der Waals surface area contributed by atoms with E-state index in [1.807, 2.05) is 0 Å². The van der Waals surface area contributed by atoms with Gasteiger partial charge in [-0.25, -0.2) is 0 Å². The molecule has 1 heterocycles. The number of hydrogen-bond acceptors (Lipinski definition) is 3. The van der Waals surface area contributed by atoms with Crippen LogP contribution in [0.2, 0.25) is 0 Å².